The Morgan fingerprint density at radius 3 is 2.65 bits per heavy atom. The smallest absolute Gasteiger partial charge is 0.252 e. The second-order valence-electron chi connectivity index (χ2n) is 4.51. The molecule has 0 spiro atoms. The number of hydrogen-bond donors (Lipinski definition) is 3. The normalized spacial score (nSPS) is 12.0. The lowest BCUT2D eigenvalue weighted by atomic mass is 10.1. The fourth-order valence-corrected chi connectivity index (χ4v) is 2.98. The van der Waals surface area contributed by atoms with E-state index in [0.717, 1.165) is 20.5 Å². The molecule has 0 fully saturated rings. The number of rotatable bonds is 4. The van der Waals surface area contributed by atoms with Crippen LogP contribution in [0.4, 0.5) is 5.69 Å². The summed E-state index contributed by atoms with van der Waals surface area (Å²) in [4.78, 5) is 13.3. The van der Waals surface area contributed by atoms with E-state index in [1.165, 1.54) is 11.3 Å². The number of benzene rings is 1. The summed E-state index contributed by atoms with van der Waals surface area (Å²) in [5, 5.41) is 2.97. The van der Waals surface area contributed by atoms with Crippen molar-refractivity contribution in [3.63, 3.8) is 0 Å². The fraction of sp³-hybridized carbons (Fsp3) is 0.214. The van der Waals surface area contributed by atoms with Crippen molar-refractivity contribution in [3.8, 4) is 0 Å². The van der Waals surface area contributed by atoms with Gasteiger partial charge in [0.05, 0.1) is 10.4 Å². The summed E-state index contributed by atoms with van der Waals surface area (Å²) in [5.74, 6) is 5.23. The molecule has 20 heavy (non-hydrogen) atoms. The molecule has 0 bridgehead atoms. The van der Waals surface area contributed by atoms with Crippen LogP contribution < -0.4 is 16.6 Å². The summed E-state index contributed by atoms with van der Waals surface area (Å²) in [5.41, 5.74) is 4.84. The molecule has 1 amide bonds. The molecule has 0 saturated heterocycles. The third kappa shape index (κ3) is 3.30. The Labute approximate surface area is 126 Å². The van der Waals surface area contributed by atoms with E-state index in [9.17, 15) is 4.79 Å². The van der Waals surface area contributed by atoms with Crippen molar-refractivity contribution in [2.24, 2.45) is 5.84 Å². The van der Waals surface area contributed by atoms with E-state index in [0.29, 0.717) is 5.56 Å². The van der Waals surface area contributed by atoms with Gasteiger partial charge in [0, 0.05) is 16.1 Å². The zero-order valence-electron chi connectivity index (χ0n) is 11.2. The van der Waals surface area contributed by atoms with Crippen LogP contribution in [-0.2, 0) is 0 Å². The third-order valence-electron chi connectivity index (χ3n) is 3.01. The number of anilines is 1. The minimum absolute atomic E-state index is 0.0771. The first-order valence-corrected chi connectivity index (χ1v) is 7.34. The summed E-state index contributed by atoms with van der Waals surface area (Å²) in [6.45, 7) is 3.81. The Kier molecular flexibility index (Phi) is 4.65. The number of thiophene rings is 1. The van der Waals surface area contributed by atoms with Crippen molar-refractivity contribution >= 4 is 34.5 Å². The van der Waals surface area contributed by atoms with E-state index >= 15 is 0 Å². The first kappa shape index (κ1) is 14.8. The molecule has 6 heteroatoms. The molecule has 0 aliphatic heterocycles. The third-order valence-corrected chi connectivity index (χ3v) is 4.42. The molecule has 2 aromatic rings. The molecule has 0 saturated carbocycles. The molecule has 1 aromatic heterocycles. The Morgan fingerprint density at radius 1 is 1.35 bits per heavy atom. The maximum Gasteiger partial charge on any atom is 0.252 e. The van der Waals surface area contributed by atoms with Gasteiger partial charge in [-0.15, -0.1) is 11.3 Å². The Morgan fingerprint density at radius 2 is 2.10 bits per heavy atom. The van der Waals surface area contributed by atoms with Crippen LogP contribution >= 0.6 is 22.9 Å². The highest BCUT2D eigenvalue weighted by Gasteiger charge is 2.14. The maximum absolute atomic E-state index is 12.3. The van der Waals surface area contributed by atoms with Gasteiger partial charge in [0.25, 0.3) is 5.91 Å². The van der Waals surface area contributed by atoms with Gasteiger partial charge in [-0.1, -0.05) is 11.6 Å². The molecule has 1 atom stereocenters. The quantitative estimate of drug-likeness (QED) is 0.598. The molecule has 1 aromatic carbocycles. The summed E-state index contributed by atoms with van der Waals surface area (Å²) in [7, 11) is 0. The van der Waals surface area contributed by atoms with Gasteiger partial charge in [-0.3, -0.25) is 10.6 Å². The summed E-state index contributed by atoms with van der Waals surface area (Å²) in [6, 6.07) is 9.04. The molecule has 106 valence electrons. The average Bonchev–Trinajstić information content (AvgIpc) is 2.85. The number of nitrogens with one attached hydrogen (secondary N) is 2. The second kappa shape index (κ2) is 6.26. The lowest BCUT2D eigenvalue weighted by Crippen LogP contribution is -2.26. The van der Waals surface area contributed by atoms with Crippen molar-refractivity contribution in [3.05, 3.63) is 50.7 Å². The monoisotopic (exact) mass is 309 g/mol. The Balaban J connectivity index is 2.12. The summed E-state index contributed by atoms with van der Waals surface area (Å²) in [6.07, 6.45) is 0. The number of nitrogens with two attached hydrogens (primary N) is 1. The van der Waals surface area contributed by atoms with E-state index in [4.69, 9.17) is 17.4 Å². The van der Waals surface area contributed by atoms with Gasteiger partial charge in [-0.05, 0) is 49.7 Å². The predicted octanol–water partition coefficient (Wildman–Crippen LogP) is 3.49. The number of amides is 1. The van der Waals surface area contributed by atoms with E-state index in [-0.39, 0.29) is 11.9 Å². The van der Waals surface area contributed by atoms with Crippen LogP contribution in [0, 0.1) is 6.92 Å². The number of aryl methyl sites for hydroxylation is 1. The zero-order chi connectivity index (χ0) is 14.7. The SMILES string of the molecule is Cc1cc(NN)ccc1C(=O)NC(C)c1ccc(Cl)s1. The van der Waals surface area contributed by atoms with E-state index in [1.54, 1.807) is 12.1 Å². The number of carbonyl (C=O) groups is 1. The molecule has 4 nitrogen and oxygen atoms in total. The number of halogens is 1. The zero-order valence-corrected chi connectivity index (χ0v) is 12.8. The number of hydrazine groups is 1. The van der Waals surface area contributed by atoms with Crippen molar-refractivity contribution < 1.29 is 4.79 Å². The van der Waals surface area contributed by atoms with Gasteiger partial charge in [0.2, 0.25) is 0 Å². The van der Waals surface area contributed by atoms with Crippen LogP contribution in [0.5, 0.6) is 0 Å². The molecular weight excluding hydrogens is 294 g/mol. The fourth-order valence-electron chi connectivity index (χ4n) is 1.91. The molecule has 0 aliphatic rings. The topological polar surface area (TPSA) is 67.1 Å². The summed E-state index contributed by atoms with van der Waals surface area (Å²) >= 11 is 7.37. The van der Waals surface area contributed by atoms with Gasteiger partial charge in [-0.2, -0.15) is 0 Å². The molecule has 0 radical (unpaired) electrons. The van der Waals surface area contributed by atoms with E-state index in [2.05, 4.69) is 10.7 Å². The highest BCUT2D eigenvalue weighted by molar-refractivity contribution is 7.16. The van der Waals surface area contributed by atoms with Crippen molar-refractivity contribution in [1.82, 2.24) is 5.32 Å². The van der Waals surface area contributed by atoms with E-state index < -0.39 is 0 Å². The minimum atomic E-state index is -0.108. The molecule has 1 unspecified atom stereocenters. The Hall–Kier alpha value is -1.56. The molecule has 1 heterocycles. The van der Waals surface area contributed by atoms with Crippen molar-refractivity contribution in [2.75, 3.05) is 5.43 Å². The maximum atomic E-state index is 12.3. The second-order valence-corrected chi connectivity index (χ2v) is 6.26. The standard InChI is InChI=1S/C14H16ClN3OS/c1-8-7-10(18-16)3-4-11(8)14(19)17-9(2)12-5-6-13(15)20-12/h3-7,9,18H,16H2,1-2H3,(H,17,19). The van der Waals surface area contributed by atoms with Gasteiger partial charge < -0.3 is 10.7 Å². The number of nitrogen functional groups attached to an aromatic ring is 1. The molecule has 0 aliphatic carbocycles. The van der Waals surface area contributed by atoms with Crippen LogP contribution in [0.15, 0.2) is 30.3 Å². The molecular formula is C14H16ClN3OS. The number of hydrogen-bond acceptors (Lipinski definition) is 4. The van der Waals surface area contributed by atoms with Gasteiger partial charge in [0.1, 0.15) is 0 Å². The average molecular weight is 310 g/mol. The highest BCUT2D eigenvalue weighted by Crippen LogP contribution is 2.27. The van der Waals surface area contributed by atoms with Crippen LogP contribution in [0.2, 0.25) is 4.34 Å². The van der Waals surface area contributed by atoms with Crippen LogP contribution in [-0.4, -0.2) is 5.91 Å². The van der Waals surface area contributed by atoms with Crippen molar-refractivity contribution in [1.29, 1.82) is 0 Å². The first-order chi connectivity index (χ1) is 9.51. The largest absolute Gasteiger partial charge is 0.345 e. The predicted molar refractivity (Wildman–Crippen MR) is 84.2 cm³/mol. The number of carbonyl (C=O) groups excluding carboxylic acids is 1. The van der Waals surface area contributed by atoms with Gasteiger partial charge in [0.15, 0.2) is 0 Å². The first-order valence-electron chi connectivity index (χ1n) is 6.14. The van der Waals surface area contributed by atoms with Crippen LogP contribution in [0.25, 0.3) is 0 Å². The molecule has 4 N–H and O–H groups in total. The summed E-state index contributed by atoms with van der Waals surface area (Å²) < 4.78 is 0.718. The molecule has 2 rings (SSSR count). The van der Waals surface area contributed by atoms with Gasteiger partial charge >= 0.3 is 0 Å². The highest BCUT2D eigenvalue weighted by atomic mass is 35.5. The van der Waals surface area contributed by atoms with E-state index in [1.807, 2.05) is 32.0 Å². The van der Waals surface area contributed by atoms with Crippen molar-refractivity contribution in [2.45, 2.75) is 19.9 Å². The van der Waals surface area contributed by atoms with Crippen LogP contribution in [0.1, 0.15) is 33.8 Å². The lowest BCUT2D eigenvalue weighted by molar-refractivity contribution is 0.0940. The van der Waals surface area contributed by atoms with Gasteiger partial charge in [-0.25, -0.2) is 0 Å². The van der Waals surface area contributed by atoms with Crippen LogP contribution in [0.3, 0.4) is 0 Å². The minimum Gasteiger partial charge on any atom is -0.345 e. The Bertz CT molecular complexity index is 627. The lowest BCUT2D eigenvalue weighted by Gasteiger charge is -2.14.